The molecular weight excluding hydrogens is 238 g/mol. The molecule has 1 heterocycles. The van der Waals surface area contributed by atoms with E-state index in [1.165, 1.54) is 5.56 Å². The van der Waals surface area contributed by atoms with Crippen LogP contribution < -0.4 is 11.0 Å². The molecular formula is C15H21N3O. The zero-order chi connectivity index (χ0) is 13.7. The zero-order valence-corrected chi connectivity index (χ0v) is 11.5. The molecule has 0 aliphatic heterocycles. The monoisotopic (exact) mass is 259 g/mol. The van der Waals surface area contributed by atoms with E-state index in [1.807, 2.05) is 37.5 Å². The third kappa shape index (κ3) is 3.15. The van der Waals surface area contributed by atoms with E-state index in [1.54, 1.807) is 9.13 Å². The second-order valence-electron chi connectivity index (χ2n) is 4.54. The van der Waals surface area contributed by atoms with Crippen LogP contribution in [-0.4, -0.2) is 15.7 Å². The summed E-state index contributed by atoms with van der Waals surface area (Å²) in [6.07, 6.45) is 3.70. The largest absolute Gasteiger partial charge is 0.328 e. The molecule has 1 aromatic heterocycles. The molecule has 102 valence electrons. The van der Waals surface area contributed by atoms with Gasteiger partial charge in [-0.05, 0) is 19.0 Å². The Morgan fingerprint density at radius 1 is 1.11 bits per heavy atom. The van der Waals surface area contributed by atoms with Gasteiger partial charge in [-0.1, -0.05) is 37.3 Å². The van der Waals surface area contributed by atoms with Gasteiger partial charge in [0.05, 0.1) is 6.04 Å². The van der Waals surface area contributed by atoms with Crippen molar-refractivity contribution in [2.24, 2.45) is 0 Å². The number of hydrogen-bond acceptors (Lipinski definition) is 2. The van der Waals surface area contributed by atoms with Crippen LogP contribution in [0.15, 0.2) is 47.5 Å². The number of hydrogen-bond donors (Lipinski definition) is 1. The Labute approximate surface area is 113 Å². The Kier molecular flexibility index (Phi) is 4.58. The van der Waals surface area contributed by atoms with E-state index < -0.39 is 0 Å². The number of likely N-dealkylation sites (N-methyl/N-ethyl adjacent to an activating group) is 1. The average Bonchev–Trinajstić information content (AvgIpc) is 2.80. The molecule has 1 unspecified atom stereocenters. The van der Waals surface area contributed by atoms with Crippen LogP contribution in [0.2, 0.25) is 0 Å². The van der Waals surface area contributed by atoms with Gasteiger partial charge in [-0.25, -0.2) is 4.79 Å². The minimum Gasteiger partial charge on any atom is -0.309 e. The lowest BCUT2D eigenvalue weighted by molar-refractivity contribution is 0.462. The Balaban J connectivity index is 2.21. The molecule has 0 amide bonds. The first-order valence-corrected chi connectivity index (χ1v) is 6.80. The number of aryl methyl sites for hydroxylation is 1. The predicted octanol–water partition coefficient (Wildman–Crippen LogP) is 2.02. The maximum Gasteiger partial charge on any atom is 0.328 e. The molecule has 2 rings (SSSR count). The molecule has 4 heteroatoms. The highest BCUT2D eigenvalue weighted by molar-refractivity contribution is 5.18. The molecule has 4 nitrogen and oxygen atoms in total. The first-order chi connectivity index (χ1) is 9.26. The van der Waals surface area contributed by atoms with E-state index in [2.05, 4.69) is 24.4 Å². The third-order valence-corrected chi connectivity index (χ3v) is 3.29. The van der Waals surface area contributed by atoms with Gasteiger partial charge in [0.15, 0.2) is 0 Å². The van der Waals surface area contributed by atoms with Crippen LogP contribution in [0.3, 0.4) is 0 Å². The molecule has 0 saturated heterocycles. The molecule has 0 aliphatic carbocycles. The second kappa shape index (κ2) is 6.38. The third-order valence-electron chi connectivity index (χ3n) is 3.29. The Morgan fingerprint density at radius 3 is 2.37 bits per heavy atom. The van der Waals surface area contributed by atoms with E-state index in [-0.39, 0.29) is 11.7 Å². The van der Waals surface area contributed by atoms with Crippen molar-refractivity contribution < 1.29 is 0 Å². The van der Waals surface area contributed by atoms with Crippen molar-refractivity contribution in [2.75, 3.05) is 6.54 Å². The predicted molar refractivity (Wildman–Crippen MR) is 77.2 cm³/mol. The summed E-state index contributed by atoms with van der Waals surface area (Å²) in [7, 11) is 0. The summed E-state index contributed by atoms with van der Waals surface area (Å²) in [4.78, 5) is 12.1. The molecule has 0 saturated carbocycles. The van der Waals surface area contributed by atoms with Gasteiger partial charge in [0, 0.05) is 25.5 Å². The number of aromatic nitrogens is 2. The standard InChI is InChI=1S/C15H21N3O/c1-3-16-14(13-8-6-5-7-9-13)12-18-11-10-17(4-2)15(18)19/h5-11,14,16H,3-4,12H2,1-2H3. The first-order valence-electron chi connectivity index (χ1n) is 6.80. The minimum atomic E-state index is 0.0568. The van der Waals surface area contributed by atoms with Crippen molar-refractivity contribution in [3.05, 3.63) is 58.8 Å². The average molecular weight is 259 g/mol. The summed E-state index contributed by atoms with van der Waals surface area (Å²) in [5, 5.41) is 3.43. The highest BCUT2D eigenvalue weighted by atomic mass is 16.1. The lowest BCUT2D eigenvalue weighted by Gasteiger charge is -2.18. The molecule has 0 bridgehead atoms. The maximum atomic E-state index is 12.1. The van der Waals surface area contributed by atoms with Gasteiger partial charge < -0.3 is 5.32 Å². The molecule has 19 heavy (non-hydrogen) atoms. The maximum absolute atomic E-state index is 12.1. The molecule has 1 aromatic carbocycles. The summed E-state index contributed by atoms with van der Waals surface area (Å²) in [6.45, 7) is 6.30. The summed E-state index contributed by atoms with van der Waals surface area (Å²) in [6, 6.07) is 10.4. The van der Waals surface area contributed by atoms with Gasteiger partial charge in [-0.2, -0.15) is 0 Å². The van der Waals surface area contributed by atoms with Crippen molar-refractivity contribution in [3.8, 4) is 0 Å². The highest BCUT2D eigenvalue weighted by Gasteiger charge is 2.12. The summed E-state index contributed by atoms with van der Waals surface area (Å²) in [5.74, 6) is 0. The van der Waals surface area contributed by atoms with Gasteiger partial charge in [0.1, 0.15) is 0 Å². The summed E-state index contributed by atoms with van der Waals surface area (Å²) in [5.41, 5.74) is 1.27. The van der Waals surface area contributed by atoms with Crippen LogP contribution in [0, 0.1) is 0 Å². The molecule has 0 aliphatic rings. The van der Waals surface area contributed by atoms with Crippen molar-refractivity contribution in [1.29, 1.82) is 0 Å². The first kappa shape index (κ1) is 13.6. The number of rotatable bonds is 6. The smallest absolute Gasteiger partial charge is 0.309 e. The summed E-state index contributed by atoms with van der Waals surface area (Å²) >= 11 is 0. The SMILES string of the molecule is CCNC(Cn1ccn(CC)c1=O)c1ccccc1. The van der Waals surface area contributed by atoms with Crippen LogP contribution in [0.5, 0.6) is 0 Å². The lowest BCUT2D eigenvalue weighted by Crippen LogP contribution is -2.31. The van der Waals surface area contributed by atoms with Crippen LogP contribution in [0.25, 0.3) is 0 Å². The summed E-state index contributed by atoms with van der Waals surface area (Å²) < 4.78 is 3.48. The minimum absolute atomic E-state index is 0.0568. The number of benzene rings is 1. The van der Waals surface area contributed by atoms with Gasteiger partial charge in [-0.3, -0.25) is 9.13 Å². The molecule has 2 aromatic rings. The fraction of sp³-hybridized carbons (Fsp3) is 0.400. The topological polar surface area (TPSA) is 39.0 Å². The van der Waals surface area contributed by atoms with Gasteiger partial charge in [-0.15, -0.1) is 0 Å². The van der Waals surface area contributed by atoms with E-state index >= 15 is 0 Å². The quantitative estimate of drug-likeness (QED) is 0.862. The number of imidazole rings is 1. The van der Waals surface area contributed by atoms with E-state index in [0.29, 0.717) is 13.1 Å². The Bertz CT molecular complexity index is 556. The van der Waals surface area contributed by atoms with Crippen molar-refractivity contribution in [2.45, 2.75) is 33.0 Å². The molecule has 1 N–H and O–H groups in total. The van der Waals surface area contributed by atoms with Gasteiger partial charge >= 0.3 is 5.69 Å². The molecule has 0 fully saturated rings. The molecule has 0 radical (unpaired) electrons. The fourth-order valence-electron chi connectivity index (χ4n) is 2.25. The van der Waals surface area contributed by atoms with E-state index in [0.717, 1.165) is 6.54 Å². The highest BCUT2D eigenvalue weighted by Crippen LogP contribution is 2.13. The molecule has 0 spiro atoms. The fourth-order valence-corrected chi connectivity index (χ4v) is 2.25. The second-order valence-corrected chi connectivity index (χ2v) is 4.54. The van der Waals surface area contributed by atoms with Crippen LogP contribution in [-0.2, 0) is 13.1 Å². The van der Waals surface area contributed by atoms with Gasteiger partial charge in [0.2, 0.25) is 0 Å². The van der Waals surface area contributed by atoms with E-state index in [4.69, 9.17) is 0 Å². The van der Waals surface area contributed by atoms with Crippen molar-refractivity contribution in [1.82, 2.24) is 14.5 Å². The van der Waals surface area contributed by atoms with Crippen LogP contribution in [0.4, 0.5) is 0 Å². The van der Waals surface area contributed by atoms with Crippen LogP contribution >= 0.6 is 0 Å². The Hall–Kier alpha value is -1.81. The van der Waals surface area contributed by atoms with Crippen molar-refractivity contribution in [3.63, 3.8) is 0 Å². The van der Waals surface area contributed by atoms with Gasteiger partial charge in [0.25, 0.3) is 0 Å². The number of nitrogens with one attached hydrogen (secondary N) is 1. The Morgan fingerprint density at radius 2 is 1.79 bits per heavy atom. The zero-order valence-electron chi connectivity index (χ0n) is 11.5. The number of nitrogens with zero attached hydrogens (tertiary/aromatic N) is 2. The molecule has 1 atom stereocenters. The normalized spacial score (nSPS) is 12.5. The van der Waals surface area contributed by atoms with Crippen molar-refractivity contribution >= 4 is 0 Å². The van der Waals surface area contributed by atoms with E-state index in [9.17, 15) is 4.79 Å². The lowest BCUT2D eigenvalue weighted by atomic mass is 10.1. The van der Waals surface area contributed by atoms with Crippen LogP contribution in [0.1, 0.15) is 25.5 Å².